The second kappa shape index (κ2) is 8.64. The average molecular weight is 330 g/mol. The molecular formula is C17H30O6. The fourth-order valence-electron chi connectivity index (χ4n) is 2.29. The number of rotatable bonds is 11. The second-order valence-electron chi connectivity index (χ2n) is 7.06. The summed E-state index contributed by atoms with van der Waals surface area (Å²) in [7, 11) is 0. The van der Waals surface area contributed by atoms with Crippen LogP contribution in [0.15, 0.2) is 0 Å². The van der Waals surface area contributed by atoms with Crippen molar-refractivity contribution in [1.82, 2.24) is 0 Å². The molecule has 1 rings (SSSR count). The SMILES string of the molecule is CCC(C)(CCCC(C)(C)C(=O)OCCO)C(=O)OCC1CO1. The zero-order valence-corrected chi connectivity index (χ0v) is 14.7. The maximum Gasteiger partial charge on any atom is 0.311 e. The molecule has 0 aromatic carbocycles. The topological polar surface area (TPSA) is 85.4 Å². The monoisotopic (exact) mass is 330 g/mol. The van der Waals surface area contributed by atoms with Crippen LogP contribution in [0.3, 0.4) is 0 Å². The Morgan fingerprint density at radius 3 is 2.35 bits per heavy atom. The van der Waals surface area contributed by atoms with Gasteiger partial charge in [-0.25, -0.2) is 0 Å². The Morgan fingerprint density at radius 1 is 1.17 bits per heavy atom. The van der Waals surface area contributed by atoms with E-state index in [2.05, 4.69) is 0 Å². The molecule has 6 heteroatoms. The molecule has 2 unspecified atom stereocenters. The highest BCUT2D eigenvalue weighted by Gasteiger charge is 2.36. The van der Waals surface area contributed by atoms with Crippen molar-refractivity contribution in [3.63, 3.8) is 0 Å². The molecule has 1 saturated heterocycles. The van der Waals surface area contributed by atoms with E-state index in [4.69, 9.17) is 19.3 Å². The first-order valence-corrected chi connectivity index (χ1v) is 8.32. The molecule has 1 aliphatic heterocycles. The number of carbonyl (C=O) groups excluding carboxylic acids is 2. The molecule has 1 N–H and O–H groups in total. The summed E-state index contributed by atoms with van der Waals surface area (Å²) in [6.45, 7) is 8.34. The molecule has 134 valence electrons. The van der Waals surface area contributed by atoms with Crippen molar-refractivity contribution in [2.45, 2.75) is 59.5 Å². The van der Waals surface area contributed by atoms with Crippen LogP contribution < -0.4 is 0 Å². The highest BCUT2D eigenvalue weighted by Crippen LogP contribution is 2.33. The van der Waals surface area contributed by atoms with E-state index >= 15 is 0 Å². The summed E-state index contributed by atoms with van der Waals surface area (Å²) in [6, 6.07) is 0. The predicted molar refractivity (Wildman–Crippen MR) is 84.8 cm³/mol. The van der Waals surface area contributed by atoms with Gasteiger partial charge in [-0.1, -0.05) is 13.3 Å². The number of hydrogen-bond donors (Lipinski definition) is 1. The van der Waals surface area contributed by atoms with Crippen LogP contribution in [0.2, 0.25) is 0 Å². The van der Waals surface area contributed by atoms with Gasteiger partial charge in [0.1, 0.15) is 19.3 Å². The summed E-state index contributed by atoms with van der Waals surface area (Å²) >= 11 is 0. The van der Waals surface area contributed by atoms with E-state index in [9.17, 15) is 9.59 Å². The molecule has 0 aromatic heterocycles. The standard InChI is InChI=1S/C17H30O6/c1-5-17(4,15(20)23-12-13-11-22-13)8-6-7-16(2,3)14(19)21-10-9-18/h13,18H,5-12H2,1-4H3. The molecule has 1 aliphatic rings. The summed E-state index contributed by atoms with van der Waals surface area (Å²) < 4.78 is 15.4. The summed E-state index contributed by atoms with van der Waals surface area (Å²) in [5, 5.41) is 8.71. The van der Waals surface area contributed by atoms with Gasteiger partial charge in [-0.15, -0.1) is 0 Å². The van der Waals surface area contributed by atoms with E-state index in [1.54, 1.807) is 0 Å². The van der Waals surface area contributed by atoms with Gasteiger partial charge in [0.05, 0.1) is 24.0 Å². The first-order valence-electron chi connectivity index (χ1n) is 8.32. The normalized spacial score (nSPS) is 19.8. The Balaban J connectivity index is 2.42. The van der Waals surface area contributed by atoms with E-state index in [0.29, 0.717) is 32.5 Å². The van der Waals surface area contributed by atoms with E-state index < -0.39 is 10.8 Å². The van der Waals surface area contributed by atoms with Gasteiger partial charge < -0.3 is 19.3 Å². The minimum absolute atomic E-state index is 0.0184. The summed E-state index contributed by atoms with van der Waals surface area (Å²) in [5.41, 5.74) is -1.17. The lowest BCUT2D eigenvalue weighted by molar-refractivity contribution is -0.156. The molecular weight excluding hydrogens is 300 g/mol. The molecule has 2 atom stereocenters. The predicted octanol–water partition coefficient (Wildman–Crippen LogP) is 2.08. The van der Waals surface area contributed by atoms with Crippen LogP contribution in [0.5, 0.6) is 0 Å². The largest absolute Gasteiger partial charge is 0.463 e. The van der Waals surface area contributed by atoms with Gasteiger partial charge in [-0.2, -0.15) is 0 Å². The van der Waals surface area contributed by atoms with Gasteiger partial charge >= 0.3 is 11.9 Å². The third-order valence-corrected chi connectivity index (χ3v) is 4.48. The number of hydrogen-bond acceptors (Lipinski definition) is 6. The molecule has 0 amide bonds. The Hall–Kier alpha value is -1.14. The Kier molecular flexibility index (Phi) is 7.48. The van der Waals surface area contributed by atoms with Gasteiger partial charge in [0.25, 0.3) is 0 Å². The number of ether oxygens (including phenoxy) is 3. The lowest BCUT2D eigenvalue weighted by Gasteiger charge is -2.28. The molecule has 0 aromatic rings. The molecule has 0 aliphatic carbocycles. The number of epoxide rings is 1. The number of aliphatic hydroxyl groups excluding tert-OH is 1. The van der Waals surface area contributed by atoms with Crippen molar-refractivity contribution in [3.05, 3.63) is 0 Å². The minimum Gasteiger partial charge on any atom is -0.463 e. The molecule has 1 heterocycles. The van der Waals surface area contributed by atoms with Crippen molar-refractivity contribution in [2.75, 3.05) is 26.4 Å². The average Bonchev–Trinajstić information content (AvgIpc) is 3.33. The van der Waals surface area contributed by atoms with Gasteiger partial charge in [-0.3, -0.25) is 9.59 Å². The number of esters is 2. The van der Waals surface area contributed by atoms with E-state index in [1.807, 2.05) is 27.7 Å². The summed E-state index contributed by atoms with van der Waals surface area (Å²) in [5.74, 6) is -0.519. The lowest BCUT2D eigenvalue weighted by Crippen LogP contribution is -2.32. The first kappa shape index (κ1) is 19.9. The molecule has 0 saturated carbocycles. The van der Waals surface area contributed by atoms with Crippen molar-refractivity contribution in [2.24, 2.45) is 10.8 Å². The Labute approximate surface area is 138 Å². The lowest BCUT2D eigenvalue weighted by atomic mass is 9.79. The molecule has 1 fully saturated rings. The van der Waals surface area contributed by atoms with Crippen molar-refractivity contribution in [3.8, 4) is 0 Å². The maximum atomic E-state index is 12.3. The molecule has 0 spiro atoms. The quantitative estimate of drug-likeness (QED) is 0.461. The van der Waals surface area contributed by atoms with Crippen LogP contribution in [0, 0.1) is 10.8 Å². The fourth-order valence-corrected chi connectivity index (χ4v) is 2.29. The van der Waals surface area contributed by atoms with Crippen LogP contribution >= 0.6 is 0 Å². The minimum atomic E-state index is -0.629. The van der Waals surface area contributed by atoms with Crippen LogP contribution in [0.4, 0.5) is 0 Å². The van der Waals surface area contributed by atoms with Crippen molar-refractivity contribution in [1.29, 1.82) is 0 Å². The molecule has 0 bridgehead atoms. The van der Waals surface area contributed by atoms with Crippen LogP contribution in [-0.4, -0.2) is 49.6 Å². The zero-order chi connectivity index (χ0) is 17.5. The summed E-state index contributed by atoms with van der Waals surface area (Å²) in [4.78, 5) is 24.2. The number of aliphatic hydroxyl groups is 1. The zero-order valence-electron chi connectivity index (χ0n) is 14.7. The highest BCUT2D eigenvalue weighted by atomic mass is 16.6. The van der Waals surface area contributed by atoms with Crippen molar-refractivity contribution >= 4 is 11.9 Å². The fraction of sp³-hybridized carbons (Fsp3) is 0.882. The first-order chi connectivity index (χ1) is 10.7. The Bertz CT molecular complexity index is 402. The maximum absolute atomic E-state index is 12.3. The van der Waals surface area contributed by atoms with Crippen LogP contribution in [-0.2, 0) is 23.8 Å². The van der Waals surface area contributed by atoms with Gasteiger partial charge in [0, 0.05) is 0 Å². The molecule has 0 radical (unpaired) electrons. The van der Waals surface area contributed by atoms with E-state index in [0.717, 1.165) is 6.42 Å². The van der Waals surface area contributed by atoms with Gasteiger partial charge in [0.15, 0.2) is 0 Å². The number of carbonyl (C=O) groups is 2. The third kappa shape index (κ3) is 6.47. The second-order valence-corrected chi connectivity index (χ2v) is 7.06. The van der Waals surface area contributed by atoms with E-state index in [-0.39, 0.29) is 31.3 Å². The highest BCUT2D eigenvalue weighted by molar-refractivity contribution is 5.77. The smallest absolute Gasteiger partial charge is 0.311 e. The Morgan fingerprint density at radius 2 is 1.83 bits per heavy atom. The van der Waals surface area contributed by atoms with E-state index in [1.165, 1.54) is 0 Å². The summed E-state index contributed by atoms with van der Waals surface area (Å²) in [6.07, 6.45) is 2.75. The van der Waals surface area contributed by atoms with Crippen LogP contribution in [0.1, 0.15) is 53.4 Å². The van der Waals surface area contributed by atoms with Gasteiger partial charge in [0.2, 0.25) is 0 Å². The van der Waals surface area contributed by atoms with Crippen molar-refractivity contribution < 1.29 is 28.9 Å². The molecule has 6 nitrogen and oxygen atoms in total. The third-order valence-electron chi connectivity index (χ3n) is 4.48. The van der Waals surface area contributed by atoms with Crippen LogP contribution in [0.25, 0.3) is 0 Å². The molecule has 23 heavy (non-hydrogen) atoms. The van der Waals surface area contributed by atoms with Gasteiger partial charge in [-0.05, 0) is 40.0 Å².